The highest BCUT2D eigenvalue weighted by molar-refractivity contribution is 9.10. The van der Waals surface area contributed by atoms with E-state index in [-0.39, 0.29) is 5.84 Å². The molecule has 0 heterocycles. The quantitative estimate of drug-likeness (QED) is 0.347. The van der Waals surface area contributed by atoms with Gasteiger partial charge in [-0.25, -0.2) is 0 Å². The summed E-state index contributed by atoms with van der Waals surface area (Å²) in [6, 6.07) is 11.1. The van der Waals surface area contributed by atoms with E-state index in [1.165, 1.54) is 0 Å². The van der Waals surface area contributed by atoms with E-state index in [9.17, 15) is 0 Å². The Morgan fingerprint density at radius 2 is 1.90 bits per heavy atom. The maximum Gasteiger partial charge on any atom is 0.171 e. The molecule has 0 amide bonds. The van der Waals surface area contributed by atoms with Crippen molar-refractivity contribution in [2.75, 3.05) is 0 Å². The number of benzene rings is 2. The topological polar surface area (TPSA) is 67.8 Å². The van der Waals surface area contributed by atoms with Gasteiger partial charge in [-0.2, -0.15) is 0 Å². The van der Waals surface area contributed by atoms with Gasteiger partial charge in [-0.15, -0.1) is 0 Å². The van der Waals surface area contributed by atoms with Crippen LogP contribution < -0.4 is 10.5 Å². The predicted molar refractivity (Wildman–Crippen MR) is 85.6 cm³/mol. The van der Waals surface area contributed by atoms with Crippen molar-refractivity contribution in [1.82, 2.24) is 0 Å². The highest BCUT2D eigenvalue weighted by Crippen LogP contribution is 2.32. The fraction of sp³-hybridized carbons (Fsp3) is 0.0714. The minimum atomic E-state index is 0.0416. The van der Waals surface area contributed by atoms with Gasteiger partial charge in [-0.05, 0) is 74.7 Å². The molecular formula is C14H12Br2N2O2. The standard InChI is InChI=1S/C14H12Br2N2O2/c1-8-2-5-13(12(16)6-8)20-9-3-4-10(11(15)7-9)14(17)18-19/h2-7,19H,1H3,(H2,17,18). The maximum absolute atomic E-state index is 8.68. The van der Waals surface area contributed by atoms with E-state index in [2.05, 4.69) is 37.0 Å². The predicted octanol–water partition coefficient (Wildman–Crippen LogP) is 4.41. The summed E-state index contributed by atoms with van der Waals surface area (Å²) in [7, 11) is 0. The number of amidine groups is 1. The Morgan fingerprint density at radius 1 is 1.15 bits per heavy atom. The summed E-state index contributed by atoms with van der Waals surface area (Å²) in [6.07, 6.45) is 0. The average Bonchev–Trinajstić information content (AvgIpc) is 2.41. The van der Waals surface area contributed by atoms with Crippen molar-refractivity contribution >= 4 is 37.7 Å². The van der Waals surface area contributed by atoms with Crippen LogP contribution >= 0.6 is 31.9 Å². The Kier molecular flexibility index (Phi) is 4.67. The summed E-state index contributed by atoms with van der Waals surface area (Å²) < 4.78 is 7.37. The summed E-state index contributed by atoms with van der Waals surface area (Å²) in [6.45, 7) is 2.01. The Labute approximate surface area is 133 Å². The smallest absolute Gasteiger partial charge is 0.171 e. The van der Waals surface area contributed by atoms with Crippen LogP contribution in [0, 0.1) is 6.92 Å². The van der Waals surface area contributed by atoms with Crippen molar-refractivity contribution in [1.29, 1.82) is 0 Å². The Hall–Kier alpha value is -1.53. The van der Waals surface area contributed by atoms with Crippen molar-refractivity contribution in [3.63, 3.8) is 0 Å². The third-order valence-corrected chi connectivity index (χ3v) is 3.92. The third-order valence-electron chi connectivity index (χ3n) is 2.64. The molecule has 0 saturated heterocycles. The molecule has 2 aromatic rings. The lowest BCUT2D eigenvalue weighted by Gasteiger charge is -2.10. The Morgan fingerprint density at radius 3 is 2.50 bits per heavy atom. The number of nitrogens with zero attached hydrogens (tertiary/aromatic N) is 1. The van der Waals surface area contributed by atoms with Crippen molar-refractivity contribution in [2.24, 2.45) is 10.9 Å². The number of ether oxygens (including phenoxy) is 1. The van der Waals surface area contributed by atoms with Gasteiger partial charge in [0.05, 0.1) is 4.47 Å². The number of hydrogen-bond acceptors (Lipinski definition) is 3. The maximum atomic E-state index is 8.68. The molecule has 3 N–H and O–H groups in total. The van der Waals surface area contributed by atoms with Crippen molar-refractivity contribution < 1.29 is 9.94 Å². The molecule has 0 aliphatic carbocycles. The lowest BCUT2D eigenvalue weighted by Crippen LogP contribution is -2.13. The highest BCUT2D eigenvalue weighted by Gasteiger charge is 2.08. The zero-order valence-electron chi connectivity index (χ0n) is 10.6. The second kappa shape index (κ2) is 6.28. The van der Waals surface area contributed by atoms with Gasteiger partial charge in [0, 0.05) is 10.0 Å². The minimum Gasteiger partial charge on any atom is -0.456 e. The van der Waals surface area contributed by atoms with E-state index < -0.39 is 0 Å². The molecule has 0 bridgehead atoms. The Balaban J connectivity index is 2.29. The van der Waals surface area contributed by atoms with E-state index in [4.69, 9.17) is 15.7 Å². The van der Waals surface area contributed by atoms with Crippen LogP contribution in [0.3, 0.4) is 0 Å². The number of oxime groups is 1. The van der Waals surface area contributed by atoms with Crippen molar-refractivity contribution in [3.05, 3.63) is 56.5 Å². The van der Waals surface area contributed by atoms with Crippen LogP contribution in [0.5, 0.6) is 11.5 Å². The molecule has 0 radical (unpaired) electrons. The van der Waals surface area contributed by atoms with Crippen LogP contribution in [0.25, 0.3) is 0 Å². The van der Waals surface area contributed by atoms with Gasteiger partial charge in [0.1, 0.15) is 11.5 Å². The van der Waals surface area contributed by atoms with E-state index in [0.717, 1.165) is 15.8 Å². The first-order valence-corrected chi connectivity index (χ1v) is 7.31. The van der Waals surface area contributed by atoms with Crippen LogP contribution in [0.1, 0.15) is 11.1 Å². The molecule has 6 heteroatoms. The first-order chi connectivity index (χ1) is 9.51. The van der Waals surface area contributed by atoms with Crippen LogP contribution in [0.2, 0.25) is 0 Å². The SMILES string of the molecule is Cc1ccc(Oc2ccc(/C(N)=N/O)c(Br)c2)c(Br)c1. The summed E-state index contributed by atoms with van der Waals surface area (Å²) in [5.74, 6) is 1.41. The minimum absolute atomic E-state index is 0.0416. The number of hydrogen-bond donors (Lipinski definition) is 2. The molecule has 0 aliphatic heterocycles. The first kappa shape index (κ1) is 14.9. The molecular weight excluding hydrogens is 388 g/mol. The van der Waals surface area contributed by atoms with Crippen molar-refractivity contribution in [3.8, 4) is 11.5 Å². The van der Waals surface area contributed by atoms with Gasteiger partial charge in [-0.3, -0.25) is 0 Å². The van der Waals surface area contributed by atoms with Crippen LogP contribution in [0.15, 0.2) is 50.5 Å². The number of aryl methyl sites for hydroxylation is 1. The fourth-order valence-corrected chi connectivity index (χ4v) is 2.77. The van der Waals surface area contributed by atoms with Crippen LogP contribution in [-0.2, 0) is 0 Å². The molecule has 0 unspecified atom stereocenters. The highest BCUT2D eigenvalue weighted by atomic mass is 79.9. The lowest BCUT2D eigenvalue weighted by molar-refractivity contribution is 0.318. The lowest BCUT2D eigenvalue weighted by atomic mass is 10.2. The molecule has 2 rings (SSSR count). The summed E-state index contributed by atoms with van der Waals surface area (Å²) in [5, 5.41) is 11.7. The third kappa shape index (κ3) is 3.32. The zero-order chi connectivity index (χ0) is 14.7. The number of nitrogens with two attached hydrogens (primary N) is 1. The second-order valence-electron chi connectivity index (χ2n) is 4.16. The van der Waals surface area contributed by atoms with Gasteiger partial charge >= 0.3 is 0 Å². The first-order valence-electron chi connectivity index (χ1n) is 5.72. The second-order valence-corrected chi connectivity index (χ2v) is 5.87. The molecule has 0 aromatic heterocycles. The molecule has 0 spiro atoms. The van der Waals surface area contributed by atoms with E-state index in [1.54, 1.807) is 18.2 Å². The van der Waals surface area contributed by atoms with Gasteiger partial charge in [0.2, 0.25) is 0 Å². The van der Waals surface area contributed by atoms with E-state index in [1.807, 2.05) is 25.1 Å². The van der Waals surface area contributed by atoms with Crippen LogP contribution in [0.4, 0.5) is 0 Å². The summed E-state index contributed by atoms with van der Waals surface area (Å²) >= 11 is 6.83. The molecule has 0 saturated carbocycles. The molecule has 0 fully saturated rings. The summed E-state index contributed by atoms with van der Waals surface area (Å²) in [5.41, 5.74) is 7.31. The molecule has 2 aromatic carbocycles. The molecule has 0 aliphatic rings. The molecule has 0 atom stereocenters. The van der Waals surface area contributed by atoms with Crippen LogP contribution in [-0.4, -0.2) is 11.0 Å². The van der Waals surface area contributed by atoms with Gasteiger partial charge in [0.25, 0.3) is 0 Å². The van der Waals surface area contributed by atoms with E-state index >= 15 is 0 Å². The van der Waals surface area contributed by atoms with Gasteiger partial charge in [-0.1, -0.05) is 11.2 Å². The van der Waals surface area contributed by atoms with Gasteiger partial charge < -0.3 is 15.7 Å². The molecule has 20 heavy (non-hydrogen) atoms. The average molecular weight is 400 g/mol. The number of rotatable bonds is 3. The molecule has 4 nitrogen and oxygen atoms in total. The fourth-order valence-electron chi connectivity index (χ4n) is 1.64. The zero-order valence-corrected chi connectivity index (χ0v) is 13.8. The van der Waals surface area contributed by atoms with Crippen molar-refractivity contribution in [2.45, 2.75) is 6.92 Å². The molecule has 104 valence electrons. The monoisotopic (exact) mass is 398 g/mol. The largest absolute Gasteiger partial charge is 0.456 e. The Bertz CT molecular complexity index is 672. The summed E-state index contributed by atoms with van der Waals surface area (Å²) in [4.78, 5) is 0. The van der Waals surface area contributed by atoms with E-state index in [0.29, 0.717) is 15.8 Å². The van der Waals surface area contributed by atoms with Gasteiger partial charge in [0.15, 0.2) is 5.84 Å². The normalized spacial score (nSPS) is 11.4. The number of halogens is 2.